The van der Waals surface area contributed by atoms with Gasteiger partial charge in [-0.25, -0.2) is 8.78 Å². The highest BCUT2D eigenvalue weighted by atomic mass is 28.4. The highest BCUT2D eigenvalue weighted by molar-refractivity contribution is 6.74. The number of hydrogen-bond acceptors (Lipinski definition) is 1. The number of alkyl halides is 2. The van der Waals surface area contributed by atoms with Crippen molar-refractivity contribution < 1.29 is 13.2 Å². The fourth-order valence-corrected chi connectivity index (χ4v) is 4.08. The predicted molar refractivity (Wildman–Crippen MR) is 67.8 cm³/mol. The van der Waals surface area contributed by atoms with Crippen LogP contribution in [0.5, 0.6) is 0 Å². The molecule has 0 aromatic heterocycles. The van der Waals surface area contributed by atoms with Gasteiger partial charge in [0, 0.05) is 5.92 Å². The van der Waals surface area contributed by atoms with Crippen LogP contribution in [0.15, 0.2) is 0 Å². The van der Waals surface area contributed by atoms with Crippen LogP contribution in [-0.4, -0.2) is 20.3 Å². The summed E-state index contributed by atoms with van der Waals surface area (Å²) in [6, 6.07) is 0. The Kier molecular flexibility index (Phi) is 2.98. The Hall–Kier alpha value is 0.0369. The van der Waals surface area contributed by atoms with Gasteiger partial charge in [0.15, 0.2) is 8.32 Å². The molecule has 0 radical (unpaired) electrons. The first kappa shape index (κ1) is 13.5. The maximum atomic E-state index is 13.6. The van der Waals surface area contributed by atoms with Gasteiger partial charge in [-0.05, 0) is 31.0 Å². The lowest BCUT2D eigenvalue weighted by Crippen LogP contribution is -2.45. The second-order valence-electron chi connectivity index (χ2n) is 7.15. The van der Waals surface area contributed by atoms with E-state index in [1.807, 2.05) is 0 Å². The van der Waals surface area contributed by atoms with Gasteiger partial charge in [0.2, 0.25) is 0 Å². The van der Waals surface area contributed by atoms with Gasteiger partial charge in [-0.1, -0.05) is 27.2 Å². The monoisotopic (exact) mass is 262 g/mol. The second-order valence-corrected chi connectivity index (χ2v) is 11.9. The van der Waals surface area contributed by atoms with Crippen LogP contribution in [0, 0.1) is 11.8 Å². The zero-order valence-corrected chi connectivity index (χ0v) is 12.5. The first-order valence-electron chi connectivity index (χ1n) is 6.63. The minimum absolute atomic E-state index is 0.101. The SMILES string of the molecule is CC(C)(C)[Si](C)(C)OC1CCCC2C1C2(F)F. The average Bonchev–Trinajstić information content (AvgIpc) is 2.68. The molecule has 0 saturated heterocycles. The maximum Gasteiger partial charge on any atom is 0.257 e. The highest BCUT2D eigenvalue weighted by Gasteiger charge is 2.72. The maximum absolute atomic E-state index is 13.6. The Morgan fingerprint density at radius 1 is 1.18 bits per heavy atom. The Morgan fingerprint density at radius 3 is 2.29 bits per heavy atom. The van der Waals surface area contributed by atoms with Gasteiger partial charge >= 0.3 is 0 Å². The van der Waals surface area contributed by atoms with Gasteiger partial charge in [-0.3, -0.25) is 0 Å². The molecule has 1 nitrogen and oxygen atoms in total. The van der Waals surface area contributed by atoms with E-state index in [2.05, 4.69) is 33.9 Å². The summed E-state index contributed by atoms with van der Waals surface area (Å²) in [5.74, 6) is -3.31. The zero-order valence-electron chi connectivity index (χ0n) is 11.5. The van der Waals surface area contributed by atoms with E-state index >= 15 is 0 Å². The highest BCUT2D eigenvalue weighted by Crippen LogP contribution is 2.63. The molecule has 100 valence electrons. The van der Waals surface area contributed by atoms with E-state index in [-0.39, 0.29) is 17.1 Å². The molecular formula is C13H24F2OSi. The van der Waals surface area contributed by atoms with Crippen LogP contribution in [0.3, 0.4) is 0 Å². The molecule has 0 amide bonds. The summed E-state index contributed by atoms with van der Waals surface area (Å²) in [4.78, 5) is 0. The Morgan fingerprint density at radius 2 is 1.76 bits per heavy atom. The molecule has 0 spiro atoms. The van der Waals surface area contributed by atoms with E-state index < -0.39 is 20.2 Å². The van der Waals surface area contributed by atoms with Gasteiger partial charge in [-0.2, -0.15) is 0 Å². The smallest absolute Gasteiger partial charge is 0.257 e. The normalized spacial score (nSPS) is 36.5. The van der Waals surface area contributed by atoms with Crippen molar-refractivity contribution in [3.05, 3.63) is 0 Å². The third-order valence-corrected chi connectivity index (χ3v) is 9.42. The first-order chi connectivity index (χ1) is 7.57. The van der Waals surface area contributed by atoms with Gasteiger partial charge in [0.1, 0.15) is 0 Å². The Labute approximate surface area is 104 Å². The van der Waals surface area contributed by atoms with Crippen molar-refractivity contribution in [1.82, 2.24) is 0 Å². The van der Waals surface area contributed by atoms with Crippen molar-refractivity contribution in [2.75, 3.05) is 0 Å². The van der Waals surface area contributed by atoms with E-state index in [0.29, 0.717) is 6.42 Å². The number of hydrogen-bond donors (Lipinski definition) is 0. The van der Waals surface area contributed by atoms with Gasteiger partial charge in [0.25, 0.3) is 5.92 Å². The van der Waals surface area contributed by atoms with E-state index in [4.69, 9.17) is 4.43 Å². The number of rotatable bonds is 2. The summed E-state index contributed by atoms with van der Waals surface area (Å²) in [6.45, 7) is 10.8. The molecule has 0 aromatic rings. The Balaban J connectivity index is 2.05. The molecule has 2 saturated carbocycles. The second kappa shape index (κ2) is 3.76. The molecule has 0 aromatic carbocycles. The zero-order chi connectivity index (χ0) is 13.1. The molecular weight excluding hydrogens is 238 g/mol. The van der Waals surface area contributed by atoms with Crippen molar-refractivity contribution in [3.63, 3.8) is 0 Å². The summed E-state index contributed by atoms with van der Waals surface area (Å²) in [6.07, 6.45) is 2.22. The minimum Gasteiger partial charge on any atom is -0.413 e. The predicted octanol–water partition coefficient (Wildman–Crippen LogP) is 4.44. The van der Waals surface area contributed by atoms with Crippen molar-refractivity contribution >= 4 is 8.32 Å². The fraction of sp³-hybridized carbons (Fsp3) is 1.00. The van der Waals surface area contributed by atoms with Crippen LogP contribution in [-0.2, 0) is 4.43 Å². The van der Waals surface area contributed by atoms with E-state index in [0.717, 1.165) is 12.8 Å². The third-order valence-electron chi connectivity index (χ3n) is 4.92. The van der Waals surface area contributed by atoms with Crippen LogP contribution in [0.25, 0.3) is 0 Å². The topological polar surface area (TPSA) is 9.23 Å². The molecule has 0 heterocycles. The largest absolute Gasteiger partial charge is 0.413 e. The van der Waals surface area contributed by atoms with Crippen molar-refractivity contribution in [1.29, 1.82) is 0 Å². The van der Waals surface area contributed by atoms with Crippen LogP contribution in [0.1, 0.15) is 40.0 Å². The van der Waals surface area contributed by atoms with Crippen LogP contribution in [0.4, 0.5) is 8.78 Å². The molecule has 2 aliphatic carbocycles. The fourth-order valence-electron chi connectivity index (χ4n) is 2.70. The average molecular weight is 262 g/mol. The molecule has 2 aliphatic rings. The summed E-state index contributed by atoms with van der Waals surface area (Å²) in [5, 5.41) is 0.101. The lowest BCUT2D eigenvalue weighted by molar-refractivity contribution is 0.0509. The molecule has 3 unspecified atom stereocenters. The summed E-state index contributed by atoms with van der Waals surface area (Å²) >= 11 is 0. The van der Waals surface area contributed by atoms with E-state index in [1.165, 1.54) is 0 Å². The third kappa shape index (κ3) is 2.18. The molecule has 2 fully saturated rings. The summed E-state index contributed by atoms with van der Waals surface area (Å²) in [7, 11) is -1.90. The van der Waals surface area contributed by atoms with Crippen LogP contribution >= 0.6 is 0 Å². The molecule has 0 N–H and O–H groups in total. The molecule has 2 rings (SSSR count). The van der Waals surface area contributed by atoms with Gasteiger partial charge in [0.05, 0.1) is 12.0 Å². The lowest BCUT2D eigenvalue weighted by atomic mass is 9.98. The van der Waals surface area contributed by atoms with Crippen molar-refractivity contribution in [2.45, 2.75) is 70.2 Å². The molecule has 17 heavy (non-hydrogen) atoms. The first-order valence-corrected chi connectivity index (χ1v) is 9.54. The molecule has 0 aliphatic heterocycles. The van der Waals surface area contributed by atoms with Gasteiger partial charge < -0.3 is 4.43 Å². The number of halogens is 2. The van der Waals surface area contributed by atoms with Gasteiger partial charge in [-0.15, -0.1) is 0 Å². The van der Waals surface area contributed by atoms with Crippen LogP contribution in [0.2, 0.25) is 18.1 Å². The van der Waals surface area contributed by atoms with Crippen molar-refractivity contribution in [2.24, 2.45) is 11.8 Å². The standard InChI is InChI=1S/C13H24F2OSi/c1-12(2,3)17(4,5)16-10-8-6-7-9-11(10)13(9,14)15/h9-11H,6-8H2,1-5H3. The summed E-state index contributed by atoms with van der Waals surface area (Å²) < 4.78 is 33.3. The van der Waals surface area contributed by atoms with Crippen LogP contribution < -0.4 is 0 Å². The quantitative estimate of drug-likeness (QED) is 0.668. The molecule has 4 heteroatoms. The number of fused-ring (bicyclic) bond motifs is 1. The molecule has 0 bridgehead atoms. The van der Waals surface area contributed by atoms with E-state index in [9.17, 15) is 8.78 Å². The summed E-state index contributed by atoms with van der Waals surface area (Å²) in [5.41, 5.74) is 0. The van der Waals surface area contributed by atoms with E-state index in [1.54, 1.807) is 0 Å². The minimum atomic E-state index is -2.44. The molecule has 3 atom stereocenters. The Bertz CT molecular complexity index is 309. The lowest BCUT2D eigenvalue weighted by Gasteiger charge is -2.40. The van der Waals surface area contributed by atoms with Crippen molar-refractivity contribution in [3.8, 4) is 0 Å².